The van der Waals surface area contributed by atoms with Gasteiger partial charge in [0.25, 0.3) is 5.91 Å². The second kappa shape index (κ2) is 6.88. The summed E-state index contributed by atoms with van der Waals surface area (Å²) in [5.41, 5.74) is 0.612. The van der Waals surface area contributed by atoms with E-state index < -0.39 is 5.97 Å². The molecule has 0 spiro atoms. The average molecular weight is 376 g/mol. The fourth-order valence-electron chi connectivity index (χ4n) is 5.97. The number of ether oxygens (including phenoxy) is 1. The fraction of sp³-hybridized carbons (Fsp3) is 0.619. The van der Waals surface area contributed by atoms with Gasteiger partial charge in [-0.15, -0.1) is 0 Å². The molecular weight excluding hydrogens is 350 g/mol. The minimum atomic E-state index is -0.523. The van der Waals surface area contributed by atoms with Crippen LogP contribution in [0.15, 0.2) is 24.3 Å². The van der Waals surface area contributed by atoms with Gasteiger partial charge >= 0.3 is 5.97 Å². The first-order valence-electron chi connectivity index (χ1n) is 9.65. The Morgan fingerprint density at radius 2 is 1.81 bits per heavy atom. The number of carbonyl (C=O) groups is 2. The van der Waals surface area contributed by atoms with Crippen molar-refractivity contribution in [1.82, 2.24) is 5.32 Å². The van der Waals surface area contributed by atoms with Gasteiger partial charge in [0.1, 0.15) is 0 Å². The molecule has 0 heterocycles. The van der Waals surface area contributed by atoms with Gasteiger partial charge in [-0.1, -0.05) is 17.7 Å². The molecule has 0 unspecified atom stereocenters. The molecule has 1 aromatic rings. The second-order valence-corrected chi connectivity index (χ2v) is 9.09. The van der Waals surface area contributed by atoms with E-state index in [-0.39, 0.29) is 24.0 Å². The highest BCUT2D eigenvalue weighted by molar-refractivity contribution is 6.30. The number of esters is 1. The molecule has 0 radical (unpaired) electrons. The molecule has 5 heteroatoms. The molecule has 0 saturated heterocycles. The zero-order chi connectivity index (χ0) is 18.3. The van der Waals surface area contributed by atoms with Crippen molar-refractivity contribution in [3.63, 3.8) is 0 Å². The summed E-state index contributed by atoms with van der Waals surface area (Å²) in [5, 5.41) is 3.58. The van der Waals surface area contributed by atoms with E-state index in [0.29, 0.717) is 10.6 Å². The molecule has 26 heavy (non-hydrogen) atoms. The molecular formula is C21H26ClNO3. The third kappa shape index (κ3) is 3.48. The van der Waals surface area contributed by atoms with E-state index in [2.05, 4.69) is 12.2 Å². The van der Waals surface area contributed by atoms with Gasteiger partial charge in [-0.25, -0.2) is 4.79 Å². The molecule has 1 aromatic carbocycles. The SMILES string of the molecule is C[C@@H](NC(=O)COC(=O)c1cccc(Cl)c1)C12CC3CC(CC(C3)C1)C2. The second-order valence-electron chi connectivity index (χ2n) is 8.66. The predicted octanol–water partition coefficient (Wildman–Crippen LogP) is 4.22. The highest BCUT2D eigenvalue weighted by Crippen LogP contribution is 2.61. The summed E-state index contributed by atoms with van der Waals surface area (Å²) >= 11 is 5.88. The Bertz CT molecular complexity index is 682. The average Bonchev–Trinajstić information content (AvgIpc) is 2.58. The van der Waals surface area contributed by atoms with Crippen LogP contribution in [0.1, 0.15) is 55.8 Å². The first-order chi connectivity index (χ1) is 12.4. The number of hydrogen-bond donors (Lipinski definition) is 1. The van der Waals surface area contributed by atoms with Crippen molar-refractivity contribution in [2.45, 2.75) is 51.5 Å². The van der Waals surface area contributed by atoms with E-state index >= 15 is 0 Å². The van der Waals surface area contributed by atoms with Crippen LogP contribution in [0, 0.1) is 23.2 Å². The fourth-order valence-corrected chi connectivity index (χ4v) is 6.16. The maximum atomic E-state index is 12.3. The van der Waals surface area contributed by atoms with Crippen molar-refractivity contribution >= 4 is 23.5 Å². The number of rotatable bonds is 5. The van der Waals surface area contributed by atoms with E-state index in [1.807, 2.05) is 0 Å². The lowest BCUT2D eigenvalue weighted by Gasteiger charge is -2.59. The largest absolute Gasteiger partial charge is 0.452 e. The molecule has 4 fully saturated rings. The van der Waals surface area contributed by atoms with Crippen LogP contribution < -0.4 is 5.32 Å². The number of halogens is 1. The maximum absolute atomic E-state index is 12.3. The molecule has 4 saturated carbocycles. The highest BCUT2D eigenvalue weighted by atomic mass is 35.5. The number of nitrogens with one attached hydrogen (secondary N) is 1. The summed E-state index contributed by atoms with van der Waals surface area (Å²) in [6.45, 7) is 1.88. The van der Waals surface area contributed by atoms with E-state index in [4.69, 9.17) is 16.3 Å². The normalized spacial score (nSPS) is 32.9. The van der Waals surface area contributed by atoms with E-state index in [1.54, 1.807) is 24.3 Å². The van der Waals surface area contributed by atoms with Gasteiger partial charge in [0.05, 0.1) is 5.56 Å². The molecule has 4 bridgehead atoms. The lowest BCUT2D eigenvalue weighted by Crippen LogP contribution is -2.56. The Morgan fingerprint density at radius 1 is 1.19 bits per heavy atom. The highest BCUT2D eigenvalue weighted by Gasteiger charge is 2.53. The third-order valence-electron chi connectivity index (χ3n) is 6.78. The minimum Gasteiger partial charge on any atom is -0.452 e. The molecule has 5 rings (SSSR count). The van der Waals surface area contributed by atoms with Crippen LogP contribution in [0.3, 0.4) is 0 Å². The molecule has 0 aromatic heterocycles. The van der Waals surface area contributed by atoms with Gasteiger partial charge in [-0.05, 0) is 86.8 Å². The molecule has 1 amide bonds. The van der Waals surface area contributed by atoms with Gasteiger partial charge in [-0.3, -0.25) is 4.79 Å². The summed E-state index contributed by atoms with van der Waals surface area (Å²) in [7, 11) is 0. The summed E-state index contributed by atoms with van der Waals surface area (Å²) in [6, 6.07) is 6.68. The van der Waals surface area contributed by atoms with E-state index in [1.165, 1.54) is 38.5 Å². The van der Waals surface area contributed by atoms with Crippen molar-refractivity contribution in [3.05, 3.63) is 34.9 Å². The lowest BCUT2D eigenvalue weighted by atomic mass is 9.48. The van der Waals surface area contributed by atoms with E-state index in [9.17, 15) is 9.59 Å². The molecule has 4 aliphatic rings. The van der Waals surface area contributed by atoms with Crippen LogP contribution in [-0.4, -0.2) is 24.5 Å². The van der Waals surface area contributed by atoms with Gasteiger partial charge in [0.2, 0.25) is 0 Å². The van der Waals surface area contributed by atoms with Crippen molar-refractivity contribution in [2.75, 3.05) is 6.61 Å². The van der Waals surface area contributed by atoms with Crippen LogP contribution in [0.2, 0.25) is 5.02 Å². The standard InChI is InChI=1S/C21H26ClNO3/c1-13(21-9-14-5-15(10-21)7-16(6-14)11-21)23-19(24)12-26-20(25)17-3-2-4-18(22)8-17/h2-4,8,13-16H,5-7,9-12H2,1H3,(H,23,24)/t13-,14?,15?,16?,21?/m1/s1. The maximum Gasteiger partial charge on any atom is 0.338 e. The topological polar surface area (TPSA) is 55.4 Å². The number of carbonyl (C=O) groups excluding carboxylic acids is 2. The number of benzene rings is 1. The molecule has 4 aliphatic carbocycles. The smallest absolute Gasteiger partial charge is 0.338 e. The number of amides is 1. The first kappa shape index (κ1) is 17.8. The third-order valence-corrected chi connectivity index (χ3v) is 7.01. The van der Waals surface area contributed by atoms with Crippen molar-refractivity contribution in [2.24, 2.45) is 23.2 Å². The van der Waals surface area contributed by atoms with Crippen LogP contribution in [0.4, 0.5) is 0 Å². The molecule has 1 atom stereocenters. The predicted molar refractivity (Wildman–Crippen MR) is 99.9 cm³/mol. The molecule has 1 N–H and O–H groups in total. The van der Waals surface area contributed by atoms with Crippen LogP contribution in [0.5, 0.6) is 0 Å². The van der Waals surface area contributed by atoms with Crippen LogP contribution >= 0.6 is 11.6 Å². The molecule has 140 valence electrons. The Kier molecular flexibility index (Phi) is 4.72. The van der Waals surface area contributed by atoms with E-state index in [0.717, 1.165) is 17.8 Å². The summed E-state index contributed by atoms with van der Waals surface area (Å²) in [5.74, 6) is 1.80. The Balaban J connectivity index is 1.31. The quantitative estimate of drug-likeness (QED) is 0.784. The van der Waals surface area contributed by atoms with Crippen molar-refractivity contribution < 1.29 is 14.3 Å². The molecule has 0 aliphatic heterocycles. The Hall–Kier alpha value is -1.55. The summed E-state index contributed by atoms with van der Waals surface area (Å²) in [4.78, 5) is 24.4. The van der Waals surface area contributed by atoms with Gasteiger partial charge < -0.3 is 10.1 Å². The van der Waals surface area contributed by atoms with Crippen molar-refractivity contribution in [3.8, 4) is 0 Å². The van der Waals surface area contributed by atoms with Crippen LogP contribution in [0.25, 0.3) is 0 Å². The monoisotopic (exact) mass is 375 g/mol. The minimum absolute atomic E-state index is 0.133. The van der Waals surface area contributed by atoms with Gasteiger partial charge in [0.15, 0.2) is 6.61 Å². The first-order valence-corrected chi connectivity index (χ1v) is 10.0. The Morgan fingerprint density at radius 3 is 2.38 bits per heavy atom. The summed E-state index contributed by atoms with van der Waals surface area (Å²) in [6.07, 6.45) is 7.87. The summed E-state index contributed by atoms with van der Waals surface area (Å²) < 4.78 is 5.16. The zero-order valence-electron chi connectivity index (χ0n) is 15.2. The van der Waals surface area contributed by atoms with Crippen LogP contribution in [-0.2, 0) is 9.53 Å². The Labute approximate surface area is 159 Å². The zero-order valence-corrected chi connectivity index (χ0v) is 15.9. The van der Waals surface area contributed by atoms with Crippen molar-refractivity contribution in [1.29, 1.82) is 0 Å². The molecule has 4 nitrogen and oxygen atoms in total. The number of hydrogen-bond acceptors (Lipinski definition) is 3. The lowest BCUT2D eigenvalue weighted by molar-refractivity contribution is -0.128. The van der Waals surface area contributed by atoms with Gasteiger partial charge in [-0.2, -0.15) is 0 Å². The van der Waals surface area contributed by atoms with Gasteiger partial charge in [0, 0.05) is 11.1 Å².